The van der Waals surface area contributed by atoms with Crippen molar-refractivity contribution in [3.8, 4) is 0 Å². The van der Waals surface area contributed by atoms with E-state index in [1.165, 1.54) is 16.9 Å². The van der Waals surface area contributed by atoms with E-state index in [-0.39, 0.29) is 5.41 Å². The van der Waals surface area contributed by atoms with Crippen LogP contribution in [0.2, 0.25) is 0 Å². The van der Waals surface area contributed by atoms with Crippen LogP contribution in [-0.2, 0) is 5.41 Å². The van der Waals surface area contributed by atoms with Crippen molar-refractivity contribution in [3.63, 3.8) is 0 Å². The maximum Gasteiger partial charge on any atom is 0.181 e. The number of fused-ring (bicyclic) bond motifs is 1. The molecule has 4 heteroatoms. The van der Waals surface area contributed by atoms with Crippen LogP contribution in [0.4, 0.5) is 5.13 Å². The number of rotatable bonds is 0. The summed E-state index contributed by atoms with van der Waals surface area (Å²) < 4.78 is 1.12. The molecule has 0 aliphatic rings. The van der Waals surface area contributed by atoms with Crippen molar-refractivity contribution in [2.24, 2.45) is 0 Å². The average molecular weight is 238 g/mol. The van der Waals surface area contributed by atoms with Crippen LogP contribution in [0.3, 0.4) is 0 Å². The number of nitrogen functional groups attached to an aromatic ring is 1. The number of aromatic nitrogens is 1. The lowest BCUT2D eigenvalue weighted by atomic mass is 9.87. The molecular weight excluding hydrogens is 224 g/mol. The maximum absolute atomic E-state index is 5.69. The molecule has 0 radical (unpaired) electrons. The first-order valence-electron chi connectivity index (χ1n) is 4.77. The molecule has 2 nitrogen and oxygen atoms in total. The van der Waals surface area contributed by atoms with Crippen molar-refractivity contribution in [3.05, 3.63) is 17.7 Å². The van der Waals surface area contributed by atoms with E-state index in [0.717, 1.165) is 15.1 Å². The number of hydrogen-bond acceptors (Lipinski definition) is 4. The zero-order chi connectivity index (χ0) is 11.2. The molecular formula is C11H14N2S2. The highest BCUT2D eigenvalue weighted by Gasteiger charge is 2.16. The fraction of sp³-hybridized carbons (Fsp3) is 0.364. The Morgan fingerprint density at radius 3 is 2.60 bits per heavy atom. The summed E-state index contributed by atoms with van der Waals surface area (Å²) in [6.07, 6.45) is 0. The van der Waals surface area contributed by atoms with Crippen LogP contribution < -0.4 is 5.73 Å². The van der Waals surface area contributed by atoms with Gasteiger partial charge in [0.1, 0.15) is 0 Å². The van der Waals surface area contributed by atoms with Crippen LogP contribution in [0, 0.1) is 0 Å². The Morgan fingerprint density at radius 2 is 2.00 bits per heavy atom. The number of thiol groups is 1. The molecule has 0 unspecified atom stereocenters. The van der Waals surface area contributed by atoms with Gasteiger partial charge < -0.3 is 5.73 Å². The van der Waals surface area contributed by atoms with Crippen molar-refractivity contribution in [1.29, 1.82) is 0 Å². The monoisotopic (exact) mass is 238 g/mol. The molecule has 2 rings (SSSR count). The third kappa shape index (κ3) is 1.96. The molecule has 0 saturated carbocycles. The molecule has 15 heavy (non-hydrogen) atoms. The van der Waals surface area contributed by atoms with E-state index in [2.05, 4.69) is 50.5 Å². The summed E-state index contributed by atoms with van der Waals surface area (Å²) in [5.74, 6) is 0. The van der Waals surface area contributed by atoms with Gasteiger partial charge in [0.15, 0.2) is 5.13 Å². The van der Waals surface area contributed by atoms with Gasteiger partial charge in [-0.2, -0.15) is 0 Å². The third-order valence-electron chi connectivity index (χ3n) is 2.36. The summed E-state index contributed by atoms with van der Waals surface area (Å²) in [5.41, 5.74) is 8.00. The van der Waals surface area contributed by atoms with E-state index >= 15 is 0 Å². The van der Waals surface area contributed by atoms with Gasteiger partial charge in [0, 0.05) is 4.90 Å². The van der Waals surface area contributed by atoms with Gasteiger partial charge in [-0.25, -0.2) is 4.98 Å². The number of nitrogens with two attached hydrogens (primary N) is 1. The van der Waals surface area contributed by atoms with Gasteiger partial charge >= 0.3 is 0 Å². The minimum absolute atomic E-state index is 0.129. The van der Waals surface area contributed by atoms with Crippen molar-refractivity contribution < 1.29 is 0 Å². The lowest BCUT2D eigenvalue weighted by Crippen LogP contribution is -2.10. The van der Waals surface area contributed by atoms with Gasteiger partial charge in [-0.05, 0) is 23.1 Å². The van der Waals surface area contributed by atoms with E-state index in [4.69, 9.17) is 5.73 Å². The lowest BCUT2D eigenvalue weighted by Gasteiger charge is -2.19. The summed E-state index contributed by atoms with van der Waals surface area (Å²) >= 11 is 5.97. The summed E-state index contributed by atoms with van der Waals surface area (Å²) in [4.78, 5) is 5.16. The third-order valence-corrected chi connectivity index (χ3v) is 3.53. The van der Waals surface area contributed by atoms with E-state index in [0.29, 0.717) is 5.13 Å². The molecule has 2 N–H and O–H groups in total. The van der Waals surface area contributed by atoms with Gasteiger partial charge in [-0.15, -0.1) is 12.6 Å². The molecule has 0 fully saturated rings. The molecule has 80 valence electrons. The molecule has 0 spiro atoms. The minimum atomic E-state index is 0.129. The van der Waals surface area contributed by atoms with Crippen molar-refractivity contribution in [1.82, 2.24) is 4.98 Å². The Labute approximate surface area is 98.9 Å². The quantitative estimate of drug-likeness (QED) is 0.690. The predicted molar refractivity (Wildman–Crippen MR) is 70.0 cm³/mol. The first-order chi connectivity index (χ1) is 6.88. The zero-order valence-corrected chi connectivity index (χ0v) is 10.7. The molecule has 0 aliphatic heterocycles. The smallest absolute Gasteiger partial charge is 0.181 e. The van der Waals surface area contributed by atoms with E-state index < -0.39 is 0 Å². The first-order valence-corrected chi connectivity index (χ1v) is 6.04. The largest absolute Gasteiger partial charge is 0.375 e. The topological polar surface area (TPSA) is 38.9 Å². The molecule has 0 saturated heterocycles. The summed E-state index contributed by atoms with van der Waals surface area (Å²) in [5, 5.41) is 0.603. The Kier molecular flexibility index (Phi) is 2.43. The second-order valence-electron chi connectivity index (χ2n) is 4.64. The van der Waals surface area contributed by atoms with Crippen molar-refractivity contribution in [2.75, 3.05) is 5.73 Å². The number of hydrogen-bond donors (Lipinski definition) is 2. The molecule has 2 aromatic rings. The van der Waals surface area contributed by atoms with Crippen molar-refractivity contribution >= 4 is 39.3 Å². The lowest BCUT2D eigenvalue weighted by molar-refractivity contribution is 0.590. The van der Waals surface area contributed by atoms with Crippen LogP contribution in [0.1, 0.15) is 26.3 Å². The number of anilines is 1. The van der Waals surface area contributed by atoms with E-state index in [1.807, 2.05) is 0 Å². The fourth-order valence-electron chi connectivity index (χ4n) is 1.46. The summed E-state index contributed by atoms with van der Waals surface area (Å²) in [7, 11) is 0. The molecule has 1 aromatic carbocycles. The molecule has 0 atom stereocenters. The van der Waals surface area contributed by atoms with Gasteiger partial charge in [0.25, 0.3) is 0 Å². The maximum atomic E-state index is 5.69. The van der Waals surface area contributed by atoms with E-state index in [9.17, 15) is 0 Å². The number of nitrogens with zero attached hydrogens (tertiary/aromatic N) is 1. The normalized spacial score (nSPS) is 12.3. The minimum Gasteiger partial charge on any atom is -0.375 e. The molecule has 0 amide bonds. The Morgan fingerprint density at radius 1 is 1.33 bits per heavy atom. The Hall–Kier alpha value is -0.740. The fourth-order valence-corrected chi connectivity index (χ4v) is 2.65. The second-order valence-corrected chi connectivity index (χ2v) is 6.19. The van der Waals surface area contributed by atoms with Gasteiger partial charge in [0.05, 0.1) is 10.2 Å². The van der Waals surface area contributed by atoms with Gasteiger partial charge in [0.2, 0.25) is 0 Å². The summed E-state index contributed by atoms with van der Waals surface area (Å²) in [6, 6.07) is 4.23. The van der Waals surface area contributed by atoms with Gasteiger partial charge in [-0.3, -0.25) is 0 Å². The molecule has 1 aromatic heterocycles. The molecule has 1 heterocycles. The summed E-state index contributed by atoms with van der Waals surface area (Å²) in [6.45, 7) is 6.56. The number of thiazole rings is 1. The van der Waals surface area contributed by atoms with E-state index in [1.54, 1.807) is 0 Å². The van der Waals surface area contributed by atoms with Crippen LogP contribution >= 0.6 is 24.0 Å². The average Bonchev–Trinajstić information content (AvgIpc) is 2.44. The highest BCUT2D eigenvalue weighted by molar-refractivity contribution is 7.80. The first kappa shape index (κ1) is 10.8. The Bertz CT molecular complexity index is 509. The van der Waals surface area contributed by atoms with Crippen LogP contribution in [0.15, 0.2) is 17.0 Å². The van der Waals surface area contributed by atoms with Crippen LogP contribution in [0.5, 0.6) is 0 Å². The second kappa shape index (κ2) is 3.39. The van der Waals surface area contributed by atoms with Gasteiger partial charge in [-0.1, -0.05) is 32.1 Å². The Balaban J connectivity index is 2.72. The predicted octanol–water partition coefficient (Wildman–Crippen LogP) is 3.46. The van der Waals surface area contributed by atoms with Crippen molar-refractivity contribution in [2.45, 2.75) is 31.1 Å². The zero-order valence-electron chi connectivity index (χ0n) is 9.03. The highest BCUT2D eigenvalue weighted by atomic mass is 32.1. The standard InChI is InChI=1S/C11H14N2S2/c1-11(2,3)6-4-7(14)9-8(5-6)15-10(12)13-9/h4-5,14H,1-3H3,(H2,12,13). The van der Waals surface area contributed by atoms with Crippen LogP contribution in [-0.4, -0.2) is 4.98 Å². The number of benzene rings is 1. The molecule has 0 aliphatic carbocycles. The van der Waals surface area contributed by atoms with Crippen LogP contribution in [0.25, 0.3) is 10.2 Å². The molecule has 0 bridgehead atoms. The highest BCUT2D eigenvalue weighted by Crippen LogP contribution is 2.34. The SMILES string of the molecule is CC(C)(C)c1cc(S)c2nc(N)sc2c1.